The number of nitrogens with zero attached hydrogens (tertiary/aromatic N) is 3. The van der Waals surface area contributed by atoms with Crippen molar-refractivity contribution >= 4 is 0 Å². The van der Waals surface area contributed by atoms with Crippen LogP contribution in [0.25, 0.3) is 0 Å². The van der Waals surface area contributed by atoms with Crippen molar-refractivity contribution in [1.29, 1.82) is 0 Å². The van der Waals surface area contributed by atoms with E-state index >= 15 is 0 Å². The standard InChI is InChI=1S/C15H20N4O2/c1-10-4-11-5-13(20-3)12(6-14(11)21-10)7-16-8-15-18-17-9-19(15)2/h5-6,9-10,16H,4,7-8H2,1-3H3. The second kappa shape index (κ2) is 5.73. The molecular formula is C15H20N4O2. The van der Waals surface area contributed by atoms with Crippen LogP contribution in [-0.4, -0.2) is 28.0 Å². The van der Waals surface area contributed by atoms with Crippen LogP contribution in [-0.2, 0) is 26.6 Å². The molecule has 0 spiro atoms. The zero-order valence-corrected chi connectivity index (χ0v) is 12.6. The Balaban J connectivity index is 1.70. The molecule has 1 unspecified atom stereocenters. The minimum absolute atomic E-state index is 0.242. The predicted octanol–water partition coefficient (Wildman–Crippen LogP) is 1.44. The molecule has 0 bridgehead atoms. The summed E-state index contributed by atoms with van der Waals surface area (Å²) in [7, 11) is 3.63. The van der Waals surface area contributed by atoms with Crippen molar-refractivity contribution in [3.8, 4) is 11.5 Å². The van der Waals surface area contributed by atoms with E-state index in [-0.39, 0.29) is 6.10 Å². The maximum Gasteiger partial charge on any atom is 0.146 e. The fraction of sp³-hybridized carbons (Fsp3) is 0.467. The quantitative estimate of drug-likeness (QED) is 0.902. The minimum atomic E-state index is 0.242. The van der Waals surface area contributed by atoms with E-state index in [0.717, 1.165) is 29.3 Å². The first-order valence-corrected chi connectivity index (χ1v) is 7.07. The molecule has 1 aromatic carbocycles. The van der Waals surface area contributed by atoms with Crippen molar-refractivity contribution in [1.82, 2.24) is 20.1 Å². The first-order chi connectivity index (χ1) is 10.2. The molecular weight excluding hydrogens is 268 g/mol. The normalized spacial score (nSPS) is 16.6. The summed E-state index contributed by atoms with van der Waals surface area (Å²) in [6.07, 6.45) is 2.88. The largest absolute Gasteiger partial charge is 0.496 e. The van der Waals surface area contributed by atoms with E-state index in [4.69, 9.17) is 9.47 Å². The average Bonchev–Trinajstić information content (AvgIpc) is 3.02. The van der Waals surface area contributed by atoms with Crippen molar-refractivity contribution < 1.29 is 9.47 Å². The maximum atomic E-state index is 5.81. The molecule has 0 amide bonds. The molecule has 1 aliphatic rings. The van der Waals surface area contributed by atoms with Crippen molar-refractivity contribution in [2.75, 3.05) is 7.11 Å². The molecule has 6 nitrogen and oxygen atoms in total. The van der Waals surface area contributed by atoms with Crippen LogP contribution < -0.4 is 14.8 Å². The number of methoxy groups -OCH3 is 1. The van der Waals surface area contributed by atoms with E-state index in [2.05, 4.69) is 34.6 Å². The topological polar surface area (TPSA) is 61.2 Å². The monoisotopic (exact) mass is 288 g/mol. The second-order valence-electron chi connectivity index (χ2n) is 5.37. The molecule has 0 fully saturated rings. The van der Waals surface area contributed by atoms with E-state index in [1.54, 1.807) is 13.4 Å². The van der Waals surface area contributed by atoms with E-state index in [1.807, 2.05) is 11.6 Å². The van der Waals surface area contributed by atoms with Crippen LogP contribution in [0.15, 0.2) is 18.5 Å². The van der Waals surface area contributed by atoms with Gasteiger partial charge in [-0.3, -0.25) is 0 Å². The number of fused-ring (bicyclic) bond motifs is 1. The lowest BCUT2D eigenvalue weighted by Crippen LogP contribution is -2.16. The van der Waals surface area contributed by atoms with E-state index in [9.17, 15) is 0 Å². The molecule has 1 N–H and O–H groups in total. The summed E-state index contributed by atoms with van der Waals surface area (Å²) in [5.41, 5.74) is 2.31. The van der Waals surface area contributed by atoms with E-state index in [1.165, 1.54) is 5.56 Å². The van der Waals surface area contributed by atoms with Crippen molar-refractivity contribution in [2.45, 2.75) is 32.5 Å². The third-order valence-corrected chi connectivity index (χ3v) is 3.70. The molecule has 1 aliphatic heterocycles. The van der Waals surface area contributed by atoms with Gasteiger partial charge in [0, 0.05) is 31.1 Å². The van der Waals surface area contributed by atoms with Crippen LogP contribution in [0.4, 0.5) is 0 Å². The smallest absolute Gasteiger partial charge is 0.146 e. The SMILES string of the molecule is COc1cc2c(cc1CNCc1nncn1C)OC(C)C2. The Hall–Kier alpha value is -2.08. The van der Waals surface area contributed by atoms with Gasteiger partial charge in [-0.2, -0.15) is 0 Å². The number of hydrogen-bond acceptors (Lipinski definition) is 5. The fourth-order valence-electron chi connectivity index (χ4n) is 2.59. The first kappa shape index (κ1) is 13.9. The lowest BCUT2D eigenvalue weighted by Gasteiger charge is -2.12. The van der Waals surface area contributed by atoms with E-state index < -0.39 is 0 Å². The van der Waals surface area contributed by atoms with E-state index in [0.29, 0.717) is 13.1 Å². The Kier molecular flexibility index (Phi) is 3.79. The lowest BCUT2D eigenvalue weighted by molar-refractivity contribution is 0.254. The highest BCUT2D eigenvalue weighted by atomic mass is 16.5. The fourth-order valence-corrected chi connectivity index (χ4v) is 2.59. The summed E-state index contributed by atoms with van der Waals surface area (Å²) < 4.78 is 13.2. The third-order valence-electron chi connectivity index (χ3n) is 3.70. The molecule has 0 saturated heterocycles. The number of benzene rings is 1. The molecule has 2 heterocycles. The highest BCUT2D eigenvalue weighted by Crippen LogP contribution is 2.34. The first-order valence-electron chi connectivity index (χ1n) is 7.07. The molecule has 1 aromatic heterocycles. The van der Waals surface area contributed by atoms with Gasteiger partial charge in [0.05, 0.1) is 13.7 Å². The number of rotatable bonds is 5. The van der Waals surface area contributed by atoms with Gasteiger partial charge < -0.3 is 19.4 Å². The Morgan fingerprint density at radius 1 is 1.43 bits per heavy atom. The van der Waals surface area contributed by atoms with Crippen molar-refractivity contribution in [3.05, 3.63) is 35.4 Å². The lowest BCUT2D eigenvalue weighted by atomic mass is 10.1. The van der Waals surface area contributed by atoms with Crippen LogP contribution in [0.1, 0.15) is 23.9 Å². The molecule has 21 heavy (non-hydrogen) atoms. The maximum absolute atomic E-state index is 5.81. The van der Waals surface area contributed by atoms with Crippen LogP contribution in [0.5, 0.6) is 11.5 Å². The summed E-state index contributed by atoms with van der Waals surface area (Å²) in [5.74, 6) is 2.77. The molecule has 112 valence electrons. The molecule has 2 aromatic rings. The summed E-state index contributed by atoms with van der Waals surface area (Å²) in [4.78, 5) is 0. The summed E-state index contributed by atoms with van der Waals surface area (Å²) >= 11 is 0. The van der Waals surface area contributed by atoms with Gasteiger partial charge in [-0.15, -0.1) is 10.2 Å². The average molecular weight is 288 g/mol. The molecule has 0 aliphatic carbocycles. The van der Waals surface area contributed by atoms with Gasteiger partial charge in [0.1, 0.15) is 29.8 Å². The van der Waals surface area contributed by atoms with Gasteiger partial charge in [-0.25, -0.2) is 0 Å². The van der Waals surface area contributed by atoms with Gasteiger partial charge in [0.2, 0.25) is 0 Å². The highest BCUT2D eigenvalue weighted by molar-refractivity contribution is 5.48. The van der Waals surface area contributed by atoms with Gasteiger partial charge in [-0.05, 0) is 19.1 Å². The number of nitrogens with one attached hydrogen (secondary N) is 1. The Morgan fingerprint density at radius 3 is 3.00 bits per heavy atom. The molecule has 1 atom stereocenters. The molecule has 0 saturated carbocycles. The van der Waals surface area contributed by atoms with Crippen molar-refractivity contribution in [3.63, 3.8) is 0 Å². The highest BCUT2D eigenvalue weighted by Gasteiger charge is 2.21. The van der Waals surface area contributed by atoms with Gasteiger partial charge in [-0.1, -0.05) is 0 Å². The Bertz CT molecular complexity index is 639. The van der Waals surface area contributed by atoms with Gasteiger partial charge in [0.15, 0.2) is 0 Å². The van der Waals surface area contributed by atoms with Crippen LogP contribution in [0, 0.1) is 0 Å². The second-order valence-corrected chi connectivity index (χ2v) is 5.37. The summed E-state index contributed by atoms with van der Waals surface area (Å²) in [5, 5.41) is 11.3. The zero-order valence-electron chi connectivity index (χ0n) is 12.6. The summed E-state index contributed by atoms with van der Waals surface area (Å²) in [6.45, 7) is 3.44. The van der Waals surface area contributed by atoms with Crippen LogP contribution in [0.2, 0.25) is 0 Å². The van der Waals surface area contributed by atoms with Gasteiger partial charge in [0.25, 0.3) is 0 Å². The third kappa shape index (κ3) is 2.85. The Morgan fingerprint density at radius 2 is 2.29 bits per heavy atom. The number of hydrogen-bond donors (Lipinski definition) is 1. The van der Waals surface area contributed by atoms with Crippen LogP contribution >= 0.6 is 0 Å². The predicted molar refractivity (Wildman–Crippen MR) is 78.3 cm³/mol. The summed E-state index contributed by atoms with van der Waals surface area (Å²) in [6, 6.07) is 4.15. The van der Waals surface area contributed by atoms with Crippen LogP contribution in [0.3, 0.4) is 0 Å². The minimum Gasteiger partial charge on any atom is -0.496 e. The molecule has 6 heteroatoms. The Labute approximate surface area is 124 Å². The van der Waals surface area contributed by atoms with Gasteiger partial charge >= 0.3 is 0 Å². The number of aromatic nitrogens is 3. The zero-order chi connectivity index (χ0) is 14.8. The van der Waals surface area contributed by atoms with Crippen molar-refractivity contribution in [2.24, 2.45) is 7.05 Å². The number of aryl methyl sites for hydroxylation is 1. The number of ether oxygens (including phenoxy) is 2. The molecule has 0 radical (unpaired) electrons. The molecule has 3 rings (SSSR count).